The van der Waals surface area contributed by atoms with Gasteiger partial charge in [0.15, 0.2) is 6.67 Å². The molecule has 0 spiro atoms. The molecule has 10 heteroatoms. The molecule has 6 rings (SSSR count). The second-order valence-corrected chi connectivity index (χ2v) is 11.2. The number of anilines is 2. The molecule has 2 fully saturated rings. The van der Waals surface area contributed by atoms with Gasteiger partial charge in [-0.2, -0.15) is 4.99 Å². The summed E-state index contributed by atoms with van der Waals surface area (Å²) in [5, 5.41) is 3.41. The van der Waals surface area contributed by atoms with Crippen molar-refractivity contribution in [1.82, 2.24) is 14.8 Å². The number of quaternary nitrogens is 1. The molecule has 2 amide bonds. The molecule has 5 heterocycles. The van der Waals surface area contributed by atoms with E-state index in [1.807, 2.05) is 36.8 Å². The number of carbonyl (C=O) groups excluding carboxylic acids is 2. The molecule has 1 unspecified atom stereocenters. The Labute approximate surface area is 241 Å². The van der Waals surface area contributed by atoms with Gasteiger partial charge < -0.3 is 19.9 Å². The third-order valence-electron chi connectivity index (χ3n) is 8.31. The second kappa shape index (κ2) is 11.8. The molecule has 10 nitrogen and oxygen atoms in total. The first-order chi connectivity index (χ1) is 20.0. The average molecular weight is 557 g/mol. The largest absolute Gasteiger partial charge is 0.378 e. The highest BCUT2D eigenvalue weighted by molar-refractivity contribution is 5.97. The van der Waals surface area contributed by atoms with Crippen LogP contribution in [0.25, 0.3) is 0 Å². The number of morpholine rings is 1. The molecule has 2 saturated heterocycles. The molecule has 214 valence electrons. The lowest BCUT2D eigenvalue weighted by Crippen LogP contribution is -3.12. The van der Waals surface area contributed by atoms with E-state index in [0.717, 1.165) is 40.5 Å². The fourth-order valence-corrected chi connectivity index (χ4v) is 6.14. The van der Waals surface area contributed by atoms with Gasteiger partial charge in [0, 0.05) is 43.3 Å². The summed E-state index contributed by atoms with van der Waals surface area (Å²) in [6.45, 7) is 7.32. The number of nitrogens with zero attached hydrogens (tertiary/aromatic N) is 5. The summed E-state index contributed by atoms with van der Waals surface area (Å²) >= 11 is 0. The number of aliphatic imine (C=N–C) groups is 1. The minimum absolute atomic E-state index is 0.0297. The Balaban J connectivity index is 1.18. The van der Waals surface area contributed by atoms with Crippen molar-refractivity contribution >= 4 is 29.2 Å². The maximum Gasteiger partial charge on any atom is 0.257 e. The predicted octanol–water partition coefficient (Wildman–Crippen LogP) is 2.39. The van der Waals surface area contributed by atoms with Crippen molar-refractivity contribution in [3.63, 3.8) is 0 Å². The Morgan fingerprint density at radius 1 is 1.10 bits per heavy atom. The van der Waals surface area contributed by atoms with Crippen LogP contribution < -0.4 is 15.1 Å². The number of rotatable bonds is 6. The number of nitrogens with one attached hydrogen (secondary N) is 2. The number of hydrogen-bond donors (Lipinski definition) is 2. The second-order valence-electron chi connectivity index (χ2n) is 11.2. The first kappa shape index (κ1) is 27.2. The fourth-order valence-electron chi connectivity index (χ4n) is 6.14. The fraction of sp³-hybridized carbons (Fsp3) is 0.419. The lowest BCUT2D eigenvalue weighted by molar-refractivity contribution is -0.743. The van der Waals surface area contributed by atoms with Gasteiger partial charge in [0.05, 0.1) is 31.4 Å². The van der Waals surface area contributed by atoms with Gasteiger partial charge >= 0.3 is 0 Å². The maximum atomic E-state index is 13.3. The Morgan fingerprint density at radius 2 is 1.90 bits per heavy atom. The zero-order valence-corrected chi connectivity index (χ0v) is 23.8. The number of likely N-dealkylation sites (tertiary alicyclic amines) is 1. The quantitative estimate of drug-likeness (QED) is 0.568. The smallest absolute Gasteiger partial charge is 0.257 e. The molecule has 4 aliphatic rings. The Hall–Kier alpha value is -4.02. The Bertz CT molecular complexity index is 1370. The molecule has 3 atom stereocenters. The van der Waals surface area contributed by atoms with Crippen LogP contribution in [0.5, 0.6) is 0 Å². The zero-order chi connectivity index (χ0) is 28.3. The van der Waals surface area contributed by atoms with Gasteiger partial charge in [-0.05, 0) is 62.9 Å². The third-order valence-corrected chi connectivity index (χ3v) is 8.31. The number of ether oxygens (including phenoxy) is 1. The van der Waals surface area contributed by atoms with Gasteiger partial charge in [0.1, 0.15) is 17.7 Å². The lowest BCUT2D eigenvalue weighted by atomic mass is 9.96. The highest BCUT2D eigenvalue weighted by Crippen LogP contribution is 2.25. The number of amides is 2. The predicted molar refractivity (Wildman–Crippen MR) is 157 cm³/mol. The summed E-state index contributed by atoms with van der Waals surface area (Å²) in [5.74, 6) is 1.69. The van der Waals surface area contributed by atoms with Gasteiger partial charge in [-0.15, -0.1) is 0 Å². The summed E-state index contributed by atoms with van der Waals surface area (Å²) < 4.78 is 5.36. The van der Waals surface area contributed by atoms with E-state index in [9.17, 15) is 9.59 Å². The highest BCUT2D eigenvalue weighted by atomic mass is 16.5. The van der Waals surface area contributed by atoms with E-state index in [0.29, 0.717) is 50.8 Å². The molecule has 1 aromatic carbocycles. The van der Waals surface area contributed by atoms with Gasteiger partial charge in [-0.1, -0.05) is 12.1 Å². The molecule has 0 aliphatic carbocycles. The molecule has 2 aromatic rings. The van der Waals surface area contributed by atoms with Crippen LogP contribution >= 0.6 is 0 Å². The summed E-state index contributed by atoms with van der Waals surface area (Å²) in [5.41, 5.74) is 3.41. The van der Waals surface area contributed by atoms with Crippen LogP contribution in [-0.4, -0.2) is 77.5 Å². The molecule has 1 aromatic heterocycles. The van der Waals surface area contributed by atoms with E-state index in [2.05, 4.69) is 51.1 Å². The minimum Gasteiger partial charge on any atom is -0.378 e. The molecule has 4 aliphatic heterocycles. The van der Waals surface area contributed by atoms with Crippen LogP contribution in [0.15, 0.2) is 71.9 Å². The topological polar surface area (TPSA) is 94.8 Å². The minimum atomic E-state index is -0.0297. The molecule has 41 heavy (non-hydrogen) atoms. The number of pyridine rings is 1. The van der Waals surface area contributed by atoms with E-state index in [4.69, 9.17) is 4.74 Å². The Kier molecular flexibility index (Phi) is 7.84. The number of carbonyl (C=O) groups is 2. The standard InChI is InChI=1S/C31H37N7O3/c1-22-5-3-6-23(2)38(22)29(39)18-24-7-4-8-26(17-24)37-20-27(30-32-11-12-36(30)21-37)34-28-10-9-25(19-33-28)31(40)35-13-15-41-16-14-35/h4,7-12,17,19-20,22-23H,3,5-6,13-16,18,21H2,1-2H3,(H,33,34)/p+1/t22-,23+. The molecule has 2 N–H and O–H groups in total. The normalized spacial score (nSPS) is 24.0. The van der Waals surface area contributed by atoms with Crippen LogP contribution in [0.1, 0.15) is 49.0 Å². The molecular weight excluding hydrogens is 518 g/mol. The van der Waals surface area contributed by atoms with Crippen molar-refractivity contribution in [2.24, 2.45) is 4.99 Å². The molecule has 0 radical (unpaired) electrons. The first-order valence-electron chi connectivity index (χ1n) is 14.6. The van der Waals surface area contributed by atoms with Gasteiger partial charge in [-0.3, -0.25) is 14.5 Å². The van der Waals surface area contributed by atoms with Crippen molar-refractivity contribution in [2.75, 3.05) is 43.2 Å². The first-order valence-corrected chi connectivity index (χ1v) is 14.6. The number of fused-ring (bicyclic) bond motifs is 1. The summed E-state index contributed by atoms with van der Waals surface area (Å²) in [7, 11) is 0. The number of hydrogen-bond acceptors (Lipinski definition) is 7. The van der Waals surface area contributed by atoms with Gasteiger partial charge in [-0.25, -0.2) is 9.88 Å². The van der Waals surface area contributed by atoms with Crippen molar-refractivity contribution < 1.29 is 19.2 Å². The summed E-state index contributed by atoms with van der Waals surface area (Å²) in [6.07, 6.45) is 11.2. The molecule has 0 saturated carbocycles. The van der Waals surface area contributed by atoms with Crippen LogP contribution in [0.3, 0.4) is 0 Å². The van der Waals surface area contributed by atoms with E-state index in [1.165, 1.54) is 6.42 Å². The van der Waals surface area contributed by atoms with E-state index < -0.39 is 0 Å². The van der Waals surface area contributed by atoms with E-state index in [-0.39, 0.29) is 23.9 Å². The highest BCUT2D eigenvalue weighted by Gasteiger charge is 2.32. The van der Waals surface area contributed by atoms with Crippen LogP contribution in [0, 0.1) is 0 Å². The van der Waals surface area contributed by atoms with Crippen molar-refractivity contribution in [2.45, 2.75) is 51.6 Å². The van der Waals surface area contributed by atoms with Crippen LogP contribution in [0.4, 0.5) is 11.5 Å². The number of aromatic nitrogens is 1. The Morgan fingerprint density at radius 3 is 2.66 bits per heavy atom. The number of benzene rings is 1. The SMILES string of the molecule is C[C@@H]1CCC[C@H](C)N1C(=O)Cc1cccc(N2C=C(Nc3ccc(C(=O)N4CCOCC4)cn3)C3=NC=C[NH+]3C2)c1. The third kappa shape index (κ3) is 5.89. The van der Waals surface area contributed by atoms with Crippen molar-refractivity contribution in [3.05, 3.63) is 78.0 Å². The monoisotopic (exact) mass is 556 g/mol. The summed E-state index contributed by atoms with van der Waals surface area (Å²) in [4.78, 5) is 42.3. The van der Waals surface area contributed by atoms with E-state index in [1.54, 1.807) is 17.2 Å². The number of amidine groups is 1. The van der Waals surface area contributed by atoms with Crippen LogP contribution in [0.2, 0.25) is 0 Å². The zero-order valence-electron chi connectivity index (χ0n) is 23.8. The van der Waals surface area contributed by atoms with E-state index >= 15 is 0 Å². The lowest BCUT2D eigenvalue weighted by Gasteiger charge is -2.39. The van der Waals surface area contributed by atoms with Crippen molar-refractivity contribution in [1.29, 1.82) is 0 Å². The average Bonchev–Trinajstić information content (AvgIpc) is 3.47. The van der Waals surface area contributed by atoms with Gasteiger partial charge in [0.2, 0.25) is 5.91 Å². The van der Waals surface area contributed by atoms with Crippen molar-refractivity contribution in [3.8, 4) is 0 Å². The van der Waals surface area contributed by atoms with Gasteiger partial charge in [0.25, 0.3) is 11.7 Å². The van der Waals surface area contributed by atoms with Crippen LogP contribution in [-0.2, 0) is 16.0 Å². The molecule has 0 bridgehead atoms. The molecular formula is C31H38N7O3+. The number of piperidine rings is 1. The summed E-state index contributed by atoms with van der Waals surface area (Å²) in [6, 6.07) is 12.4. The maximum absolute atomic E-state index is 13.3.